The normalized spacial score (nSPS) is 17.5. The Labute approximate surface area is 139 Å². The maximum absolute atomic E-state index is 11.8. The quantitative estimate of drug-likeness (QED) is 0.871. The number of phenolic OH excluding ortho intramolecular Hbond substituents is 1. The van der Waals surface area contributed by atoms with Gasteiger partial charge < -0.3 is 14.7 Å². The van der Waals surface area contributed by atoms with E-state index >= 15 is 0 Å². The average Bonchev–Trinajstić information content (AvgIpc) is 3.18. The van der Waals surface area contributed by atoms with Crippen LogP contribution in [0.2, 0.25) is 0 Å². The smallest absolute Gasteiger partial charge is 0.310 e. The highest BCUT2D eigenvalue weighted by molar-refractivity contribution is 7.14. The van der Waals surface area contributed by atoms with Gasteiger partial charge in [-0.15, -0.1) is 11.3 Å². The zero-order valence-electron chi connectivity index (χ0n) is 13.3. The number of carbonyl (C=O) groups is 1. The first-order valence-corrected chi connectivity index (χ1v) is 8.63. The van der Waals surface area contributed by atoms with Crippen molar-refractivity contribution in [2.45, 2.75) is 20.3 Å². The van der Waals surface area contributed by atoms with Crippen LogP contribution in [-0.4, -0.2) is 35.8 Å². The number of carbonyl (C=O) groups excluding carboxylic acids is 1. The molecule has 23 heavy (non-hydrogen) atoms. The van der Waals surface area contributed by atoms with Crippen molar-refractivity contribution in [1.29, 1.82) is 0 Å². The number of ether oxygens (including phenoxy) is 1. The van der Waals surface area contributed by atoms with Crippen LogP contribution in [0.25, 0.3) is 11.3 Å². The third-order valence-corrected chi connectivity index (χ3v) is 4.90. The van der Waals surface area contributed by atoms with Crippen LogP contribution in [0.15, 0.2) is 23.6 Å². The lowest BCUT2D eigenvalue weighted by Crippen LogP contribution is -2.24. The molecule has 1 aromatic carbocycles. The predicted molar refractivity (Wildman–Crippen MR) is 90.9 cm³/mol. The molecule has 1 unspecified atom stereocenters. The fraction of sp³-hybridized carbons (Fsp3) is 0.412. The molecule has 0 saturated carbocycles. The maximum atomic E-state index is 11.8. The van der Waals surface area contributed by atoms with E-state index in [1.807, 2.05) is 31.4 Å². The number of rotatable bonds is 4. The first-order chi connectivity index (χ1) is 11.1. The van der Waals surface area contributed by atoms with Crippen molar-refractivity contribution >= 4 is 22.4 Å². The molecule has 3 rings (SSSR count). The standard InChI is InChI=1S/C17H20N2O3S/c1-3-22-16(21)12-6-7-19(9-12)17-18-14(10-23-17)13-8-11(2)4-5-15(13)20/h4-5,8,10,12,20H,3,6-7,9H2,1-2H3. The van der Waals surface area contributed by atoms with Gasteiger partial charge >= 0.3 is 5.97 Å². The summed E-state index contributed by atoms with van der Waals surface area (Å²) in [6.07, 6.45) is 0.795. The summed E-state index contributed by atoms with van der Waals surface area (Å²) in [7, 11) is 0. The Balaban J connectivity index is 1.75. The molecule has 0 radical (unpaired) electrons. The Morgan fingerprint density at radius 3 is 3.13 bits per heavy atom. The van der Waals surface area contributed by atoms with E-state index in [0.717, 1.165) is 34.9 Å². The predicted octanol–water partition coefficient (Wildman–Crippen LogP) is 3.21. The Morgan fingerprint density at radius 2 is 2.35 bits per heavy atom. The Hall–Kier alpha value is -2.08. The number of benzene rings is 1. The lowest BCUT2D eigenvalue weighted by molar-refractivity contribution is -0.147. The summed E-state index contributed by atoms with van der Waals surface area (Å²) in [6, 6.07) is 5.49. The van der Waals surface area contributed by atoms with E-state index in [2.05, 4.69) is 9.88 Å². The molecule has 1 aromatic heterocycles. The SMILES string of the molecule is CCOC(=O)C1CCN(c2nc(-c3cc(C)ccc3O)cs2)C1. The number of hydrogen-bond donors (Lipinski definition) is 1. The molecule has 1 aliphatic heterocycles. The molecule has 1 fully saturated rings. The average molecular weight is 332 g/mol. The number of aryl methyl sites for hydroxylation is 1. The first kappa shape index (κ1) is 15.8. The van der Waals surface area contributed by atoms with Crippen molar-refractivity contribution in [2.75, 3.05) is 24.6 Å². The van der Waals surface area contributed by atoms with Crippen LogP contribution in [0, 0.1) is 12.8 Å². The second kappa shape index (κ2) is 6.58. The van der Waals surface area contributed by atoms with Crippen LogP contribution in [0.5, 0.6) is 5.75 Å². The number of nitrogens with zero attached hydrogens (tertiary/aromatic N) is 2. The highest BCUT2D eigenvalue weighted by Gasteiger charge is 2.30. The molecule has 0 amide bonds. The number of aromatic hydroxyl groups is 1. The highest BCUT2D eigenvalue weighted by Crippen LogP contribution is 2.35. The number of thiazole rings is 1. The van der Waals surface area contributed by atoms with E-state index in [0.29, 0.717) is 13.2 Å². The van der Waals surface area contributed by atoms with Crippen LogP contribution in [0.1, 0.15) is 18.9 Å². The molecule has 122 valence electrons. The van der Waals surface area contributed by atoms with Gasteiger partial charge in [-0.2, -0.15) is 0 Å². The minimum absolute atomic E-state index is 0.0744. The summed E-state index contributed by atoms with van der Waals surface area (Å²) in [6.45, 7) is 5.68. The van der Waals surface area contributed by atoms with Gasteiger partial charge in [-0.25, -0.2) is 4.98 Å². The summed E-state index contributed by atoms with van der Waals surface area (Å²) >= 11 is 1.53. The topological polar surface area (TPSA) is 62.7 Å². The van der Waals surface area contributed by atoms with Gasteiger partial charge in [0.05, 0.1) is 18.2 Å². The van der Waals surface area contributed by atoms with Crippen LogP contribution in [0.3, 0.4) is 0 Å². The van der Waals surface area contributed by atoms with Gasteiger partial charge in [0.2, 0.25) is 0 Å². The number of hydrogen-bond acceptors (Lipinski definition) is 6. The zero-order chi connectivity index (χ0) is 16.4. The van der Waals surface area contributed by atoms with E-state index in [1.54, 1.807) is 6.07 Å². The molecule has 5 nitrogen and oxygen atoms in total. The summed E-state index contributed by atoms with van der Waals surface area (Å²) in [5.74, 6) is 0.0380. The minimum atomic E-state index is -0.122. The van der Waals surface area contributed by atoms with Crippen LogP contribution < -0.4 is 4.90 Å². The monoisotopic (exact) mass is 332 g/mol. The van der Waals surface area contributed by atoms with Gasteiger partial charge in [0, 0.05) is 24.0 Å². The number of aromatic nitrogens is 1. The summed E-state index contributed by atoms with van der Waals surface area (Å²) in [4.78, 5) is 18.6. The fourth-order valence-corrected chi connectivity index (χ4v) is 3.64. The fourth-order valence-electron chi connectivity index (χ4n) is 2.77. The summed E-state index contributed by atoms with van der Waals surface area (Å²) in [5, 5.41) is 12.9. The van der Waals surface area contributed by atoms with Crippen LogP contribution in [-0.2, 0) is 9.53 Å². The van der Waals surface area contributed by atoms with Crippen molar-refractivity contribution in [3.63, 3.8) is 0 Å². The van der Waals surface area contributed by atoms with Gasteiger partial charge in [0.15, 0.2) is 5.13 Å². The molecule has 0 aliphatic carbocycles. The van der Waals surface area contributed by atoms with Crippen molar-refractivity contribution < 1.29 is 14.6 Å². The number of anilines is 1. The molecule has 6 heteroatoms. The first-order valence-electron chi connectivity index (χ1n) is 7.75. The molecule has 0 bridgehead atoms. The molecule has 1 aliphatic rings. The molecule has 1 N–H and O–H groups in total. The molecular formula is C17H20N2O3S. The number of esters is 1. The van der Waals surface area contributed by atoms with Gasteiger partial charge in [-0.3, -0.25) is 4.79 Å². The van der Waals surface area contributed by atoms with Crippen molar-refractivity contribution in [3.8, 4) is 17.0 Å². The van der Waals surface area contributed by atoms with Crippen molar-refractivity contribution in [3.05, 3.63) is 29.1 Å². The largest absolute Gasteiger partial charge is 0.507 e. The van der Waals surface area contributed by atoms with E-state index in [4.69, 9.17) is 4.74 Å². The van der Waals surface area contributed by atoms with Gasteiger partial charge in [-0.1, -0.05) is 11.6 Å². The van der Waals surface area contributed by atoms with Crippen LogP contribution >= 0.6 is 11.3 Å². The van der Waals surface area contributed by atoms with Crippen molar-refractivity contribution in [2.24, 2.45) is 5.92 Å². The maximum Gasteiger partial charge on any atom is 0.310 e. The molecule has 2 aromatic rings. The third-order valence-electron chi connectivity index (χ3n) is 4.00. The van der Waals surface area contributed by atoms with E-state index in [-0.39, 0.29) is 17.6 Å². The Bertz CT molecular complexity index is 714. The molecule has 1 saturated heterocycles. The summed E-state index contributed by atoms with van der Waals surface area (Å²) in [5.41, 5.74) is 2.59. The van der Waals surface area contributed by atoms with E-state index in [9.17, 15) is 9.90 Å². The van der Waals surface area contributed by atoms with E-state index < -0.39 is 0 Å². The zero-order valence-corrected chi connectivity index (χ0v) is 14.1. The van der Waals surface area contributed by atoms with Gasteiger partial charge in [0.1, 0.15) is 5.75 Å². The Morgan fingerprint density at radius 1 is 1.52 bits per heavy atom. The third kappa shape index (κ3) is 3.32. The lowest BCUT2D eigenvalue weighted by Gasteiger charge is -2.14. The highest BCUT2D eigenvalue weighted by atomic mass is 32.1. The second-order valence-electron chi connectivity index (χ2n) is 5.72. The Kier molecular flexibility index (Phi) is 4.52. The molecular weight excluding hydrogens is 312 g/mol. The number of phenols is 1. The van der Waals surface area contributed by atoms with Crippen molar-refractivity contribution in [1.82, 2.24) is 4.98 Å². The van der Waals surface area contributed by atoms with Crippen LogP contribution in [0.4, 0.5) is 5.13 Å². The summed E-state index contributed by atoms with van der Waals surface area (Å²) < 4.78 is 5.10. The van der Waals surface area contributed by atoms with E-state index in [1.165, 1.54) is 11.3 Å². The second-order valence-corrected chi connectivity index (χ2v) is 6.56. The minimum Gasteiger partial charge on any atom is -0.507 e. The lowest BCUT2D eigenvalue weighted by atomic mass is 10.1. The molecule has 0 spiro atoms. The van der Waals surface area contributed by atoms with Gasteiger partial charge in [0.25, 0.3) is 0 Å². The molecule has 1 atom stereocenters. The molecule has 2 heterocycles. The van der Waals surface area contributed by atoms with Gasteiger partial charge in [-0.05, 0) is 32.4 Å².